The summed E-state index contributed by atoms with van der Waals surface area (Å²) in [4.78, 5) is 38.3. The molecule has 2 aliphatic heterocycles. The van der Waals surface area contributed by atoms with Crippen LogP contribution in [0.15, 0.2) is 46.8 Å². The summed E-state index contributed by atoms with van der Waals surface area (Å²) in [5.74, 6) is 0.388. The Kier molecular flexibility index (Phi) is 12.7. The summed E-state index contributed by atoms with van der Waals surface area (Å²) in [6.07, 6.45) is 10.6. The third-order valence-electron chi connectivity index (χ3n) is 9.89. The zero-order valence-corrected chi connectivity index (χ0v) is 29.8. The molecule has 3 aliphatic rings. The van der Waals surface area contributed by atoms with Crippen LogP contribution in [-0.2, 0) is 30.8 Å². The van der Waals surface area contributed by atoms with Gasteiger partial charge in [0, 0.05) is 43.4 Å². The van der Waals surface area contributed by atoms with Crippen LogP contribution in [0.25, 0.3) is 0 Å². The second kappa shape index (κ2) is 16.9. The molecule has 4 atom stereocenters. The van der Waals surface area contributed by atoms with Crippen LogP contribution in [0.2, 0.25) is 0 Å². The highest BCUT2D eigenvalue weighted by Crippen LogP contribution is 2.34. The van der Waals surface area contributed by atoms with Gasteiger partial charge in [-0.05, 0) is 67.7 Å². The summed E-state index contributed by atoms with van der Waals surface area (Å²) >= 11 is 1.64. The zero-order valence-electron chi connectivity index (χ0n) is 28.2. The minimum absolute atomic E-state index is 0.0453. The second-order valence-electron chi connectivity index (χ2n) is 13.6. The summed E-state index contributed by atoms with van der Waals surface area (Å²) in [6.45, 7) is 3.61. The molecule has 1 aromatic heterocycles. The number of nitriles is 1. The van der Waals surface area contributed by atoms with Crippen LogP contribution in [0, 0.1) is 23.2 Å². The molecule has 10 nitrogen and oxygen atoms in total. The molecule has 1 saturated heterocycles. The van der Waals surface area contributed by atoms with Crippen molar-refractivity contribution in [1.29, 1.82) is 5.26 Å². The number of ketones is 1. The Hall–Kier alpha value is -3.27. The Morgan fingerprint density at radius 3 is 2.58 bits per heavy atom. The fraction of sp³-hybridized carbons (Fsp3) is 0.611. The lowest BCUT2D eigenvalue weighted by molar-refractivity contribution is -0.146. The maximum absolute atomic E-state index is 14.5. The van der Waals surface area contributed by atoms with E-state index in [1.165, 1.54) is 19.3 Å². The standard InChI is InChI=1S/C36H49N5O5S2/c1-26-34(29-15-13-28(24-37)14-16-29)46-36(39-26)40-20-21-41(32(25-40)33(42)18-17-31-12-8-22-47-31)35(43)30(23-27-9-4-3-5-10-27)11-6-7-19-38-48(2,44)45/h8,12-16,22,26-27,30,32,34,38H,3-7,9-11,17-21,23,25H2,1-2H3/t26-,30-,32-,34+/m0/s1. The lowest BCUT2D eigenvalue weighted by atomic mass is 9.80. The molecule has 1 N–H and O–H groups in total. The normalized spacial score (nSPS) is 22.5. The molecule has 1 aromatic carbocycles. The van der Waals surface area contributed by atoms with Crippen molar-refractivity contribution in [3.05, 3.63) is 57.8 Å². The number of sulfonamides is 1. The summed E-state index contributed by atoms with van der Waals surface area (Å²) in [6, 6.07) is 13.3. The van der Waals surface area contributed by atoms with Crippen molar-refractivity contribution in [1.82, 2.24) is 14.5 Å². The van der Waals surface area contributed by atoms with Gasteiger partial charge in [-0.1, -0.05) is 56.7 Å². The molecule has 0 bridgehead atoms. The van der Waals surface area contributed by atoms with E-state index in [9.17, 15) is 23.3 Å². The van der Waals surface area contributed by atoms with Crippen LogP contribution >= 0.6 is 11.3 Å². The molecule has 5 rings (SSSR count). The van der Waals surface area contributed by atoms with E-state index in [2.05, 4.69) is 10.8 Å². The van der Waals surface area contributed by atoms with E-state index >= 15 is 0 Å². The Morgan fingerprint density at radius 1 is 1.12 bits per heavy atom. The van der Waals surface area contributed by atoms with Gasteiger partial charge in [-0.15, -0.1) is 11.3 Å². The number of nitrogens with zero attached hydrogens (tertiary/aromatic N) is 4. The minimum Gasteiger partial charge on any atom is -0.455 e. The molecular weight excluding hydrogens is 647 g/mol. The predicted octanol–water partition coefficient (Wildman–Crippen LogP) is 5.46. The number of Topliss-reactive ketones (excluding diaryl/α,β-unsaturated/α-hetero) is 1. The Balaban J connectivity index is 1.30. The van der Waals surface area contributed by atoms with E-state index < -0.39 is 16.1 Å². The van der Waals surface area contributed by atoms with E-state index in [1.807, 2.05) is 46.4 Å². The topological polar surface area (TPSA) is 132 Å². The van der Waals surface area contributed by atoms with Crippen LogP contribution in [0.5, 0.6) is 0 Å². The van der Waals surface area contributed by atoms with E-state index in [4.69, 9.17) is 9.73 Å². The van der Waals surface area contributed by atoms with Crippen molar-refractivity contribution in [2.75, 3.05) is 32.4 Å². The molecule has 1 amide bonds. The Labute approximate surface area is 289 Å². The van der Waals surface area contributed by atoms with Crippen LogP contribution in [0.4, 0.5) is 0 Å². The fourth-order valence-corrected chi connectivity index (χ4v) is 8.50. The number of carbonyl (C=O) groups excluding carboxylic acids is 2. The van der Waals surface area contributed by atoms with Crippen molar-refractivity contribution >= 4 is 39.1 Å². The van der Waals surface area contributed by atoms with Crippen LogP contribution < -0.4 is 4.72 Å². The van der Waals surface area contributed by atoms with E-state index in [0.717, 1.165) is 42.4 Å². The maximum atomic E-state index is 14.5. The quantitative estimate of drug-likeness (QED) is 0.260. The molecule has 2 aromatic rings. The molecular formula is C36H49N5O5S2. The summed E-state index contributed by atoms with van der Waals surface area (Å²) in [5, 5.41) is 11.2. The minimum atomic E-state index is -3.26. The number of carbonyl (C=O) groups is 2. The Bertz CT molecular complexity index is 1550. The number of hydrogen-bond donors (Lipinski definition) is 1. The molecule has 2 fully saturated rings. The molecule has 0 spiro atoms. The van der Waals surface area contributed by atoms with Gasteiger partial charge in [-0.3, -0.25) is 9.59 Å². The van der Waals surface area contributed by atoms with Gasteiger partial charge in [-0.25, -0.2) is 18.1 Å². The fourth-order valence-electron chi connectivity index (χ4n) is 7.27. The van der Waals surface area contributed by atoms with Gasteiger partial charge in [0.05, 0.1) is 23.9 Å². The number of unbranched alkanes of at least 4 members (excludes halogenated alkanes) is 1. The summed E-state index contributed by atoms with van der Waals surface area (Å²) in [7, 11) is -3.26. The zero-order chi connectivity index (χ0) is 34.1. The molecule has 3 heterocycles. The molecule has 1 aliphatic carbocycles. The molecule has 1 saturated carbocycles. The number of hydrogen-bond acceptors (Lipinski definition) is 9. The number of piperazine rings is 1. The second-order valence-corrected chi connectivity index (χ2v) is 16.4. The van der Waals surface area contributed by atoms with Crippen molar-refractivity contribution < 1.29 is 22.7 Å². The first-order chi connectivity index (χ1) is 23.1. The van der Waals surface area contributed by atoms with Crippen LogP contribution in [0.1, 0.15) is 93.2 Å². The average Bonchev–Trinajstić information content (AvgIpc) is 3.76. The first-order valence-electron chi connectivity index (χ1n) is 17.4. The van der Waals surface area contributed by atoms with Gasteiger partial charge >= 0.3 is 0 Å². The van der Waals surface area contributed by atoms with Gasteiger partial charge in [-0.2, -0.15) is 5.26 Å². The monoisotopic (exact) mass is 695 g/mol. The van der Waals surface area contributed by atoms with Crippen molar-refractivity contribution in [3.63, 3.8) is 0 Å². The number of benzene rings is 1. The van der Waals surface area contributed by atoms with Crippen molar-refractivity contribution in [2.45, 2.75) is 95.7 Å². The third-order valence-corrected chi connectivity index (χ3v) is 11.6. The van der Waals surface area contributed by atoms with Gasteiger partial charge in [0.15, 0.2) is 5.78 Å². The number of amidine groups is 1. The molecule has 260 valence electrons. The Morgan fingerprint density at radius 2 is 1.90 bits per heavy atom. The predicted molar refractivity (Wildman–Crippen MR) is 188 cm³/mol. The number of nitrogens with one attached hydrogen (secondary N) is 1. The highest BCUT2D eigenvalue weighted by molar-refractivity contribution is 7.88. The van der Waals surface area contributed by atoms with Gasteiger partial charge in [0.25, 0.3) is 6.02 Å². The van der Waals surface area contributed by atoms with Gasteiger partial charge in [0.2, 0.25) is 15.9 Å². The van der Waals surface area contributed by atoms with E-state index in [1.54, 1.807) is 23.5 Å². The van der Waals surface area contributed by atoms with Gasteiger partial charge in [0.1, 0.15) is 12.1 Å². The molecule has 12 heteroatoms. The first kappa shape index (κ1) is 36.0. The number of thiophene rings is 1. The molecule has 0 unspecified atom stereocenters. The highest BCUT2D eigenvalue weighted by Gasteiger charge is 2.41. The smallest absolute Gasteiger partial charge is 0.288 e. The summed E-state index contributed by atoms with van der Waals surface area (Å²) in [5.41, 5.74) is 1.53. The lowest BCUT2D eigenvalue weighted by Crippen LogP contribution is -2.60. The van der Waals surface area contributed by atoms with Crippen molar-refractivity contribution in [3.8, 4) is 6.07 Å². The van der Waals surface area contributed by atoms with Crippen LogP contribution in [-0.4, -0.2) is 80.4 Å². The number of aryl methyl sites for hydroxylation is 1. The maximum Gasteiger partial charge on any atom is 0.288 e. The van der Waals surface area contributed by atoms with Crippen molar-refractivity contribution in [2.24, 2.45) is 16.8 Å². The van der Waals surface area contributed by atoms with Gasteiger partial charge < -0.3 is 14.5 Å². The average molecular weight is 696 g/mol. The number of rotatable bonds is 14. The van der Waals surface area contributed by atoms with Crippen LogP contribution in [0.3, 0.4) is 0 Å². The van der Waals surface area contributed by atoms with E-state index in [-0.39, 0.29) is 29.8 Å². The molecule has 48 heavy (non-hydrogen) atoms. The van der Waals surface area contributed by atoms with E-state index in [0.29, 0.717) is 69.4 Å². The first-order valence-corrected chi connectivity index (χ1v) is 20.2. The number of aliphatic imine (C=N–C) groups is 1. The molecule has 0 radical (unpaired) electrons. The number of amides is 1. The third kappa shape index (κ3) is 9.89. The lowest BCUT2D eigenvalue weighted by Gasteiger charge is -2.42. The largest absolute Gasteiger partial charge is 0.455 e. The highest BCUT2D eigenvalue weighted by atomic mass is 32.2. The number of ether oxygens (including phenoxy) is 1. The summed E-state index contributed by atoms with van der Waals surface area (Å²) < 4.78 is 32.1. The SMILES string of the molecule is C[C@@H]1N=C(N2CCN(C(=O)[C@@H](CCCCNS(C)(=O)=O)CC3CCCCC3)[C@H](C(=O)CCc3cccs3)C2)O[C@H]1c1ccc(C#N)cc1.